The number of amides is 2. The molecule has 17 nitrogen and oxygen atoms in total. The van der Waals surface area contributed by atoms with Gasteiger partial charge in [-0.05, 0) is 68.7 Å². The first-order valence-corrected chi connectivity index (χ1v) is 15.7. The number of aliphatic hydroxyl groups excluding tert-OH is 1. The highest BCUT2D eigenvalue weighted by Gasteiger charge is 2.57. The number of anilines is 2. The SMILES string of the molecule is COP1(=O)OCC2OC3C(Cc4c(nc(NC(=O)OC(C)(C)C)n(C(=O)OC(C)(C)C)c4=O)N3C(=O)OC(C)(C)C)C(O)C2O1. The van der Waals surface area contributed by atoms with Gasteiger partial charge >= 0.3 is 26.1 Å². The van der Waals surface area contributed by atoms with Gasteiger partial charge in [0.25, 0.3) is 5.56 Å². The number of nitrogens with zero attached hydrogens (tertiary/aromatic N) is 3. The van der Waals surface area contributed by atoms with Gasteiger partial charge < -0.3 is 24.1 Å². The monoisotopic (exact) mass is 660 g/mol. The van der Waals surface area contributed by atoms with Gasteiger partial charge in [0.05, 0.1) is 18.3 Å². The molecule has 0 bridgehead atoms. The number of hydrogen-bond donors (Lipinski definition) is 2. The smallest absolute Gasteiger partial charge is 0.444 e. The van der Waals surface area contributed by atoms with Crippen molar-refractivity contribution < 1.29 is 56.6 Å². The molecule has 3 aliphatic heterocycles. The van der Waals surface area contributed by atoms with E-state index >= 15 is 0 Å². The number of rotatable bonds is 2. The third-order valence-corrected chi connectivity index (χ3v) is 7.96. The molecule has 0 radical (unpaired) electrons. The number of nitrogens with one attached hydrogen (secondary N) is 1. The van der Waals surface area contributed by atoms with Crippen molar-refractivity contribution in [1.82, 2.24) is 9.55 Å². The van der Waals surface area contributed by atoms with E-state index in [0.29, 0.717) is 4.57 Å². The second-order valence-electron chi connectivity index (χ2n) is 13.8. The maximum absolute atomic E-state index is 14.1. The van der Waals surface area contributed by atoms with E-state index in [1.807, 2.05) is 0 Å². The third-order valence-electron chi connectivity index (χ3n) is 6.55. The summed E-state index contributed by atoms with van der Waals surface area (Å²) in [5.74, 6) is -1.97. The van der Waals surface area contributed by atoms with E-state index in [9.17, 15) is 28.8 Å². The Morgan fingerprint density at radius 1 is 0.978 bits per heavy atom. The van der Waals surface area contributed by atoms with Gasteiger partial charge in [0.1, 0.15) is 35.2 Å². The Balaban J connectivity index is 1.90. The van der Waals surface area contributed by atoms with Crippen molar-refractivity contribution in [3.63, 3.8) is 0 Å². The van der Waals surface area contributed by atoms with Crippen molar-refractivity contribution >= 4 is 37.9 Å². The van der Waals surface area contributed by atoms with Crippen LogP contribution in [0.1, 0.15) is 67.9 Å². The Hall–Kier alpha value is -3.08. The van der Waals surface area contributed by atoms with Gasteiger partial charge in [-0.25, -0.2) is 23.8 Å². The lowest BCUT2D eigenvalue weighted by Crippen LogP contribution is -2.66. The molecule has 2 N–H and O–H groups in total. The zero-order valence-electron chi connectivity index (χ0n) is 26.9. The lowest BCUT2D eigenvalue weighted by molar-refractivity contribution is -0.219. The van der Waals surface area contributed by atoms with Crippen LogP contribution in [-0.2, 0) is 43.5 Å². The summed E-state index contributed by atoms with van der Waals surface area (Å²) in [5.41, 5.74) is -4.24. The lowest BCUT2D eigenvalue weighted by Gasteiger charge is -2.51. The molecule has 2 amide bonds. The molecule has 2 fully saturated rings. The highest BCUT2D eigenvalue weighted by Crippen LogP contribution is 2.56. The molecule has 3 aliphatic rings. The summed E-state index contributed by atoms with van der Waals surface area (Å²) < 4.78 is 51.3. The van der Waals surface area contributed by atoms with E-state index in [2.05, 4.69) is 10.3 Å². The Morgan fingerprint density at radius 2 is 1.56 bits per heavy atom. The Labute approximate surface area is 260 Å². The zero-order valence-corrected chi connectivity index (χ0v) is 27.8. The largest absolute Gasteiger partial charge is 0.475 e. The molecular formula is C27H41N4O13P. The highest BCUT2D eigenvalue weighted by atomic mass is 31.2. The number of ether oxygens (including phenoxy) is 4. The predicted molar refractivity (Wildman–Crippen MR) is 156 cm³/mol. The summed E-state index contributed by atoms with van der Waals surface area (Å²) >= 11 is 0. The minimum atomic E-state index is -4.02. The molecule has 0 aliphatic carbocycles. The van der Waals surface area contributed by atoms with Gasteiger partial charge in [-0.1, -0.05) is 0 Å². The Kier molecular flexibility index (Phi) is 9.23. The number of aromatic nitrogens is 2. The fourth-order valence-corrected chi connectivity index (χ4v) is 6.04. The molecule has 6 unspecified atom stereocenters. The van der Waals surface area contributed by atoms with E-state index in [0.717, 1.165) is 12.0 Å². The fourth-order valence-electron chi connectivity index (χ4n) is 4.90. The molecule has 0 aromatic carbocycles. The quantitative estimate of drug-likeness (QED) is 0.344. The van der Waals surface area contributed by atoms with Gasteiger partial charge in [-0.2, -0.15) is 9.55 Å². The lowest BCUT2D eigenvalue weighted by atomic mass is 9.82. The first-order chi connectivity index (χ1) is 20.5. The van der Waals surface area contributed by atoms with Crippen LogP contribution < -0.4 is 15.8 Å². The summed E-state index contributed by atoms with van der Waals surface area (Å²) in [6.07, 6.45) is -8.51. The molecule has 1 aromatic rings. The van der Waals surface area contributed by atoms with Crippen LogP contribution in [-0.4, -0.2) is 88.0 Å². The zero-order chi connectivity index (χ0) is 33.9. The normalized spacial score (nSPS) is 28.2. The molecule has 4 rings (SSSR count). The summed E-state index contributed by atoms with van der Waals surface area (Å²) in [5, 5.41) is 13.8. The van der Waals surface area contributed by atoms with Crippen molar-refractivity contribution in [2.45, 2.75) is 110 Å². The minimum Gasteiger partial charge on any atom is -0.444 e. The van der Waals surface area contributed by atoms with Crippen LogP contribution in [0.3, 0.4) is 0 Å². The number of aliphatic hydroxyl groups is 1. The topological polar surface area (TPSA) is 203 Å². The molecule has 2 saturated heterocycles. The van der Waals surface area contributed by atoms with Gasteiger partial charge in [0.15, 0.2) is 5.82 Å². The highest BCUT2D eigenvalue weighted by molar-refractivity contribution is 7.48. The second kappa shape index (κ2) is 11.9. The third kappa shape index (κ3) is 7.67. The molecule has 6 atom stereocenters. The Bertz CT molecular complexity index is 1460. The fraction of sp³-hybridized carbons (Fsp3) is 0.741. The Morgan fingerprint density at radius 3 is 2.11 bits per heavy atom. The van der Waals surface area contributed by atoms with Crippen LogP contribution in [0.5, 0.6) is 0 Å². The van der Waals surface area contributed by atoms with Crippen molar-refractivity contribution in [1.29, 1.82) is 0 Å². The van der Waals surface area contributed by atoms with E-state index < -0.39 is 84.9 Å². The van der Waals surface area contributed by atoms with Gasteiger partial charge in [0, 0.05) is 13.0 Å². The number of hydrogen-bond acceptors (Lipinski definition) is 14. The van der Waals surface area contributed by atoms with E-state index in [1.54, 1.807) is 62.3 Å². The van der Waals surface area contributed by atoms with Crippen LogP contribution >= 0.6 is 7.82 Å². The molecule has 4 heterocycles. The molecular weight excluding hydrogens is 619 g/mol. The molecule has 45 heavy (non-hydrogen) atoms. The predicted octanol–water partition coefficient (Wildman–Crippen LogP) is 3.54. The van der Waals surface area contributed by atoms with Gasteiger partial charge in [-0.15, -0.1) is 0 Å². The average molecular weight is 661 g/mol. The number of phosphoric ester groups is 1. The standard InChI is InChI=1S/C27H41N4O13P/c1-25(2,3)41-22(34)29-21-28-18-14(19(33)31(21)24(36)43-27(7,8)9)11-13-16(32)17-15(12-39-45(37,38-10)44-17)40-20(13)30(18)23(35)42-26(4,5)6/h13,15-17,20,32H,11-12H2,1-10H3,(H,28,29,34). The van der Waals surface area contributed by atoms with E-state index in [4.69, 9.17) is 32.5 Å². The van der Waals surface area contributed by atoms with Crippen LogP contribution in [0.25, 0.3) is 0 Å². The maximum atomic E-state index is 14.1. The summed E-state index contributed by atoms with van der Waals surface area (Å²) in [6.45, 7) is 14.1. The molecule has 252 valence electrons. The maximum Gasteiger partial charge on any atom is 0.475 e. The first-order valence-electron chi connectivity index (χ1n) is 14.3. The van der Waals surface area contributed by atoms with Crippen molar-refractivity contribution in [3.8, 4) is 0 Å². The summed E-state index contributed by atoms with van der Waals surface area (Å²) in [7, 11) is -2.90. The number of phosphoric acid groups is 1. The van der Waals surface area contributed by atoms with Crippen LogP contribution in [0.4, 0.5) is 26.1 Å². The van der Waals surface area contributed by atoms with Crippen LogP contribution in [0, 0.1) is 5.92 Å². The van der Waals surface area contributed by atoms with Gasteiger partial charge in [-0.3, -0.25) is 23.7 Å². The summed E-state index contributed by atoms with van der Waals surface area (Å²) in [4.78, 5) is 59.3. The van der Waals surface area contributed by atoms with Crippen molar-refractivity contribution in [2.24, 2.45) is 5.92 Å². The second-order valence-corrected chi connectivity index (χ2v) is 15.5. The summed E-state index contributed by atoms with van der Waals surface area (Å²) in [6, 6.07) is 0. The molecule has 0 spiro atoms. The number of fused-ring (bicyclic) bond motifs is 3. The molecule has 18 heteroatoms. The minimum absolute atomic E-state index is 0.203. The van der Waals surface area contributed by atoms with E-state index in [-0.39, 0.29) is 24.4 Å². The first kappa shape index (κ1) is 34.8. The average Bonchev–Trinajstić information content (AvgIpc) is 2.85. The van der Waals surface area contributed by atoms with Crippen LogP contribution in [0.2, 0.25) is 0 Å². The van der Waals surface area contributed by atoms with Crippen molar-refractivity contribution in [2.75, 3.05) is 23.9 Å². The van der Waals surface area contributed by atoms with E-state index in [1.165, 1.54) is 0 Å². The van der Waals surface area contributed by atoms with Crippen molar-refractivity contribution in [3.05, 3.63) is 15.9 Å². The van der Waals surface area contributed by atoms with Gasteiger partial charge in [0.2, 0.25) is 5.95 Å². The number of carbonyl (C=O) groups excluding carboxylic acids is 3. The molecule has 1 aromatic heterocycles. The van der Waals surface area contributed by atoms with Crippen LogP contribution in [0.15, 0.2) is 4.79 Å². The number of carbonyl (C=O) groups is 3. The molecule has 0 saturated carbocycles.